The van der Waals surface area contributed by atoms with Crippen molar-refractivity contribution in [3.63, 3.8) is 0 Å². The molecule has 1 aromatic rings. The molecule has 0 saturated carbocycles. The van der Waals surface area contributed by atoms with Gasteiger partial charge in [-0.15, -0.1) is 0 Å². The Kier molecular flexibility index (Phi) is 7.60. The van der Waals surface area contributed by atoms with Gasteiger partial charge in [-0.2, -0.15) is 0 Å². The predicted octanol–water partition coefficient (Wildman–Crippen LogP) is 1.71. The van der Waals surface area contributed by atoms with E-state index in [4.69, 9.17) is 0 Å². The van der Waals surface area contributed by atoms with E-state index in [0.29, 0.717) is 6.54 Å². The van der Waals surface area contributed by atoms with Crippen LogP contribution in [0.3, 0.4) is 0 Å². The van der Waals surface area contributed by atoms with Crippen LogP contribution in [0.5, 0.6) is 0 Å². The fourth-order valence-electron chi connectivity index (χ4n) is 2.17. The number of hydrogen-bond donors (Lipinski definition) is 2. The summed E-state index contributed by atoms with van der Waals surface area (Å²) < 4.78 is 0. The maximum atomic E-state index is 12.1. The first-order valence-electron chi connectivity index (χ1n) is 7.78. The average molecular weight is 305 g/mol. The molecule has 0 heterocycles. The van der Waals surface area contributed by atoms with Crippen molar-refractivity contribution < 1.29 is 9.59 Å². The molecular weight excluding hydrogens is 278 g/mol. The van der Waals surface area contributed by atoms with Crippen LogP contribution in [0.2, 0.25) is 0 Å². The molecule has 0 fully saturated rings. The van der Waals surface area contributed by atoms with Crippen molar-refractivity contribution in [1.29, 1.82) is 0 Å². The van der Waals surface area contributed by atoms with Crippen LogP contribution in [0.15, 0.2) is 30.3 Å². The third kappa shape index (κ3) is 6.72. The number of rotatable bonds is 8. The van der Waals surface area contributed by atoms with Gasteiger partial charge in [0.2, 0.25) is 11.8 Å². The molecule has 1 rings (SSSR count). The van der Waals surface area contributed by atoms with Crippen LogP contribution in [-0.2, 0) is 9.59 Å². The highest BCUT2D eigenvalue weighted by molar-refractivity contribution is 5.81. The van der Waals surface area contributed by atoms with Gasteiger partial charge in [-0.25, -0.2) is 0 Å². The van der Waals surface area contributed by atoms with E-state index >= 15 is 0 Å². The fraction of sp³-hybridized carbons (Fsp3) is 0.529. The van der Waals surface area contributed by atoms with Gasteiger partial charge in [-0.05, 0) is 32.9 Å². The SMILES string of the molecule is CCN(CC(=O)NC(C)C)CC(=O)N[C@@H](C)c1ccccc1. The van der Waals surface area contributed by atoms with Crippen LogP contribution < -0.4 is 10.6 Å². The molecule has 22 heavy (non-hydrogen) atoms. The van der Waals surface area contributed by atoms with Gasteiger partial charge in [0.25, 0.3) is 0 Å². The third-order valence-electron chi connectivity index (χ3n) is 3.31. The van der Waals surface area contributed by atoms with Crippen molar-refractivity contribution in [2.45, 2.75) is 39.8 Å². The van der Waals surface area contributed by atoms with E-state index in [2.05, 4.69) is 10.6 Å². The molecule has 5 heteroatoms. The smallest absolute Gasteiger partial charge is 0.234 e. The van der Waals surface area contributed by atoms with E-state index in [9.17, 15) is 9.59 Å². The number of likely N-dealkylation sites (N-methyl/N-ethyl adjacent to an activating group) is 1. The molecule has 0 spiro atoms. The largest absolute Gasteiger partial charge is 0.353 e. The highest BCUT2D eigenvalue weighted by Crippen LogP contribution is 2.10. The molecule has 0 aromatic heterocycles. The molecule has 5 nitrogen and oxygen atoms in total. The zero-order valence-corrected chi connectivity index (χ0v) is 13.9. The molecule has 0 aliphatic carbocycles. The molecule has 0 saturated heterocycles. The van der Waals surface area contributed by atoms with Gasteiger partial charge in [0.15, 0.2) is 0 Å². The number of carbonyl (C=O) groups excluding carboxylic acids is 2. The summed E-state index contributed by atoms with van der Waals surface area (Å²) in [5.41, 5.74) is 1.07. The number of carbonyl (C=O) groups is 2. The van der Waals surface area contributed by atoms with Crippen molar-refractivity contribution in [3.8, 4) is 0 Å². The molecule has 0 radical (unpaired) electrons. The Morgan fingerprint density at radius 2 is 1.55 bits per heavy atom. The van der Waals surface area contributed by atoms with Crippen molar-refractivity contribution >= 4 is 11.8 Å². The highest BCUT2D eigenvalue weighted by Gasteiger charge is 2.15. The Balaban J connectivity index is 2.46. The summed E-state index contributed by atoms with van der Waals surface area (Å²) in [6.07, 6.45) is 0. The summed E-state index contributed by atoms with van der Waals surface area (Å²) in [7, 11) is 0. The molecule has 0 aliphatic rings. The van der Waals surface area contributed by atoms with Crippen molar-refractivity contribution in [2.75, 3.05) is 19.6 Å². The van der Waals surface area contributed by atoms with Crippen LogP contribution >= 0.6 is 0 Å². The normalized spacial score (nSPS) is 12.3. The summed E-state index contributed by atoms with van der Waals surface area (Å²) in [4.78, 5) is 25.7. The lowest BCUT2D eigenvalue weighted by atomic mass is 10.1. The Hall–Kier alpha value is -1.88. The van der Waals surface area contributed by atoms with Gasteiger partial charge in [0, 0.05) is 6.04 Å². The maximum absolute atomic E-state index is 12.1. The average Bonchev–Trinajstić information content (AvgIpc) is 2.46. The summed E-state index contributed by atoms with van der Waals surface area (Å²) in [5.74, 6) is -0.128. The van der Waals surface area contributed by atoms with Crippen LogP contribution in [0.1, 0.15) is 39.3 Å². The minimum atomic E-state index is -0.0736. The lowest BCUT2D eigenvalue weighted by molar-refractivity contribution is -0.125. The molecule has 0 unspecified atom stereocenters. The Morgan fingerprint density at radius 1 is 1.00 bits per heavy atom. The highest BCUT2D eigenvalue weighted by atomic mass is 16.2. The Bertz CT molecular complexity index is 474. The number of nitrogens with zero attached hydrogens (tertiary/aromatic N) is 1. The van der Waals surface area contributed by atoms with Crippen LogP contribution in [0, 0.1) is 0 Å². The molecule has 0 aliphatic heterocycles. The van der Waals surface area contributed by atoms with Crippen molar-refractivity contribution in [2.24, 2.45) is 0 Å². The minimum absolute atomic E-state index is 0.0445. The lowest BCUT2D eigenvalue weighted by Crippen LogP contribution is -2.44. The first-order valence-corrected chi connectivity index (χ1v) is 7.78. The van der Waals surface area contributed by atoms with Crippen LogP contribution in [-0.4, -0.2) is 42.4 Å². The van der Waals surface area contributed by atoms with E-state index in [1.54, 1.807) is 0 Å². The summed E-state index contributed by atoms with van der Waals surface area (Å²) >= 11 is 0. The number of amides is 2. The second kappa shape index (κ2) is 9.20. The lowest BCUT2D eigenvalue weighted by Gasteiger charge is -2.22. The quantitative estimate of drug-likeness (QED) is 0.768. The van der Waals surface area contributed by atoms with Gasteiger partial charge >= 0.3 is 0 Å². The van der Waals surface area contributed by atoms with E-state index in [1.165, 1.54) is 0 Å². The molecule has 122 valence electrons. The monoisotopic (exact) mass is 305 g/mol. The van der Waals surface area contributed by atoms with Gasteiger partial charge in [0.05, 0.1) is 19.1 Å². The summed E-state index contributed by atoms with van der Waals surface area (Å²) in [6.45, 7) is 8.84. The number of benzene rings is 1. The number of hydrogen-bond acceptors (Lipinski definition) is 3. The third-order valence-corrected chi connectivity index (χ3v) is 3.31. The van der Waals surface area contributed by atoms with Crippen LogP contribution in [0.4, 0.5) is 0 Å². The summed E-state index contributed by atoms with van der Waals surface area (Å²) in [6, 6.07) is 9.88. The van der Waals surface area contributed by atoms with Crippen LogP contribution in [0.25, 0.3) is 0 Å². The molecule has 0 bridgehead atoms. The van der Waals surface area contributed by atoms with E-state index in [0.717, 1.165) is 5.56 Å². The van der Waals surface area contributed by atoms with E-state index in [-0.39, 0.29) is 37.0 Å². The number of nitrogens with one attached hydrogen (secondary N) is 2. The zero-order valence-electron chi connectivity index (χ0n) is 13.9. The van der Waals surface area contributed by atoms with Crippen molar-refractivity contribution in [1.82, 2.24) is 15.5 Å². The van der Waals surface area contributed by atoms with E-state index in [1.807, 2.05) is 62.9 Å². The van der Waals surface area contributed by atoms with E-state index < -0.39 is 0 Å². The minimum Gasteiger partial charge on any atom is -0.353 e. The fourth-order valence-corrected chi connectivity index (χ4v) is 2.17. The second-order valence-corrected chi connectivity index (χ2v) is 5.73. The van der Waals surface area contributed by atoms with Crippen molar-refractivity contribution in [3.05, 3.63) is 35.9 Å². The molecule has 2 amide bonds. The van der Waals surface area contributed by atoms with Gasteiger partial charge in [0.1, 0.15) is 0 Å². The first-order chi connectivity index (χ1) is 10.4. The first kappa shape index (κ1) is 18.2. The molecule has 2 N–H and O–H groups in total. The predicted molar refractivity (Wildman–Crippen MR) is 88.4 cm³/mol. The zero-order chi connectivity index (χ0) is 16.5. The Labute approximate surface area is 133 Å². The molecular formula is C17H27N3O2. The molecule has 1 atom stereocenters. The van der Waals surface area contributed by atoms with Gasteiger partial charge in [-0.3, -0.25) is 14.5 Å². The molecule has 1 aromatic carbocycles. The Morgan fingerprint density at radius 3 is 2.05 bits per heavy atom. The standard InChI is InChI=1S/C17H27N3O2/c1-5-20(11-16(21)18-13(2)3)12-17(22)19-14(4)15-9-7-6-8-10-15/h6-10,13-14H,5,11-12H2,1-4H3,(H,18,21)(H,19,22)/t14-/m0/s1. The maximum Gasteiger partial charge on any atom is 0.234 e. The van der Waals surface area contributed by atoms with Gasteiger partial charge in [-0.1, -0.05) is 37.3 Å². The topological polar surface area (TPSA) is 61.4 Å². The van der Waals surface area contributed by atoms with Gasteiger partial charge < -0.3 is 10.6 Å². The second-order valence-electron chi connectivity index (χ2n) is 5.73. The summed E-state index contributed by atoms with van der Waals surface area (Å²) in [5, 5.41) is 5.80.